The van der Waals surface area contributed by atoms with Crippen LogP contribution in [-0.2, 0) is 31.6 Å². The van der Waals surface area contributed by atoms with Crippen LogP contribution in [0.3, 0.4) is 0 Å². The summed E-state index contributed by atoms with van der Waals surface area (Å²) in [4.78, 5) is 38.6. The molecule has 50 heavy (non-hydrogen) atoms. The lowest BCUT2D eigenvalue weighted by atomic mass is 10.0. The number of aliphatic hydroxyl groups is 1. The van der Waals surface area contributed by atoms with Gasteiger partial charge in [-0.25, -0.2) is 14.8 Å². The van der Waals surface area contributed by atoms with Gasteiger partial charge in [-0.1, -0.05) is 53.5 Å². The third-order valence-corrected chi connectivity index (χ3v) is 9.24. The first-order chi connectivity index (χ1) is 23.8. The van der Waals surface area contributed by atoms with Crippen molar-refractivity contribution in [1.82, 2.24) is 29.4 Å². The highest BCUT2D eigenvalue weighted by Crippen LogP contribution is 2.42. The van der Waals surface area contributed by atoms with Crippen molar-refractivity contribution >= 4 is 45.6 Å². The molecule has 6 rings (SSSR count). The Morgan fingerprint density at radius 2 is 1.74 bits per heavy atom. The van der Waals surface area contributed by atoms with Crippen molar-refractivity contribution in [2.75, 3.05) is 25.6 Å². The van der Waals surface area contributed by atoms with Crippen molar-refractivity contribution in [1.29, 1.82) is 0 Å². The van der Waals surface area contributed by atoms with Crippen LogP contribution in [0, 0.1) is 0 Å². The number of benzene rings is 2. The van der Waals surface area contributed by atoms with Crippen molar-refractivity contribution in [2.24, 2.45) is 14.1 Å². The minimum atomic E-state index is -4.88. The Morgan fingerprint density at radius 1 is 1.04 bits per heavy atom. The molecule has 262 valence electrons. The van der Waals surface area contributed by atoms with Crippen LogP contribution in [-0.4, -0.2) is 61.7 Å². The molecule has 5 aromatic rings. The monoisotopic (exact) mass is 731 g/mol. The van der Waals surface area contributed by atoms with Crippen LogP contribution in [0.15, 0.2) is 58.3 Å². The Labute approximate surface area is 292 Å². The van der Waals surface area contributed by atoms with E-state index in [1.54, 1.807) is 36.5 Å². The van der Waals surface area contributed by atoms with Crippen molar-refractivity contribution < 1.29 is 27.8 Å². The minimum Gasteiger partial charge on any atom is -0.480 e. The summed E-state index contributed by atoms with van der Waals surface area (Å²) < 4.78 is 54.2. The number of aromatic nitrogens is 5. The predicted molar refractivity (Wildman–Crippen MR) is 182 cm³/mol. The van der Waals surface area contributed by atoms with Gasteiger partial charge in [0.2, 0.25) is 5.88 Å². The lowest BCUT2D eigenvalue weighted by Crippen LogP contribution is -2.46. The number of alkyl halides is 3. The van der Waals surface area contributed by atoms with Gasteiger partial charge in [-0.05, 0) is 18.6 Å². The molecule has 1 saturated heterocycles. The first-order valence-electron chi connectivity index (χ1n) is 15.2. The fraction of sp³-hybridized carbons (Fsp3) is 0.303. The molecule has 3 aromatic heterocycles. The van der Waals surface area contributed by atoms with Gasteiger partial charge in [-0.15, -0.1) is 0 Å². The number of pyridine rings is 1. The van der Waals surface area contributed by atoms with Gasteiger partial charge in [-0.3, -0.25) is 18.9 Å². The number of rotatable bonds is 8. The van der Waals surface area contributed by atoms with Gasteiger partial charge in [-0.2, -0.15) is 13.2 Å². The smallest absolute Gasteiger partial charge is 0.433 e. The summed E-state index contributed by atoms with van der Waals surface area (Å²) in [6, 6.07) is 10.5. The van der Waals surface area contributed by atoms with Gasteiger partial charge in [0.1, 0.15) is 22.6 Å². The van der Waals surface area contributed by atoms with Crippen LogP contribution in [0.1, 0.15) is 17.8 Å². The zero-order valence-electron chi connectivity index (χ0n) is 26.8. The molecule has 0 saturated carbocycles. The fourth-order valence-electron chi connectivity index (χ4n) is 5.73. The van der Waals surface area contributed by atoms with E-state index in [4.69, 9.17) is 32.7 Å². The van der Waals surface area contributed by atoms with Crippen molar-refractivity contribution in [3.63, 3.8) is 0 Å². The molecule has 2 atom stereocenters. The molecular weight excluding hydrogens is 702 g/mol. The van der Waals surface area contributed by atoms with E-state index in [2.05, 4.69) is 25.6 Å². The quantitative estimate of drug-likeness (QED) is 0.198. The maximum Gasteiger partial charge on any atom is 0.433 e. The number of nitrogens with one attached hydrogen (secondary N) is 2. The average molecular weight is 733 g/mol. The first kappa shape index (κ1) is 35.3. The Hall–Kier alpha value is -4.54. The largest absolute Gasteiger partial charge is 0.480 e. The number of nitrogens with zero attached hydrogens (tertiary/aromatic N) is 5. The van der Waals surface area contributed by atoms with E-state index in [0.717, 1.165) is 9.13 Å². The molecule has 0 bridgehead atoms. The SMILES string of the molecule is COc1nc(-c2cccc(-c3cccc(Nc4nc(C(F)(F)F)cc5c4c(=O)n(C)c(=O)n5C)c3Cl)c2Cl)cnc1CN[C@@H]1CCOC[C@@H]1O. The van der Waals surface area contributed by atoms with Gasteiger partial charge in [0.05, 0.1) is 53.0 Å². The maximum absolute atomic E-state index is 13.9. The van der Waals surface area contributed by atoms with Crippen molar-refractivity contribution in [3.05, 3.63) is 90.9 Å². The van der Waals surface area contributed by atoms with Gasteiger partial charge >= 0.3 is 11.9 Å². The number of aryl methyl sites for hydroxylation is 1. The second-order valence-electron chi connectivity index (χ2n) is 11.5. The van der Waals surface area contributed by atoms with Crippen LogP contribution in [0.4, 0.5) is 24.7 Å². The summed E-state index contributed by atoms with van der Waals surface area (Å²) in [5.41, 5.74) is -0.774. The molecule has 1 fully saturated rings. The summed E-state index contributed by atoms with van der Waals surface area (Å²) in [6.45, 7) is 1.08. The number of hydrogen-bond acceptors (Lipinski definition) is 10. The van der Waals surface area contributed by atoms with Crippen LogP contribution in [0.25, 0.3) is 33.3 Å². The zero-order valence-corrected chi connectivity index (χ0v) is 28.3. The van der Waals surface area contributed by atoms with E-state index < -0.39 is 35.0 Å². The molecule has 0 spiro atoms. The number of methoxy groups -OCH3 is 1. The number of ether oxygens (including phenoxy) is 2. The van der Waals surface area contributed by atoms with Gasteiger partial charge in [0, 0.05) is 50.0 Å². The molecule has 3 N–H and O–H groups in total. The van der Waals surface area contributed by atoms with Crippen LogP contribution < -0.4 is 26.6 Å². The summed E-state index contributed by atoms with van der Waals surface area (Å²) in [6.07, 6.45) is -3.34. The summed E-state index contributed by atoms with van der Waals surface area (Å²) in [7, 11) is 3.95. The molecule has 1 aliphatic heterocycles. The molecule has 12 nitrogen and oxygen atoms in total. The van der Waals surface area contributed by atoms with E-state index in [1.807, 2.05) is 0 Å². The molecule has 17 heteroatoms. The lowest BCUT2D eigenvalue weighted by molar-refractivity contribution is -0.141. The Morgan fingerprint density at radius 3 is 2.44 bits per heavy atom. The average Bonchev–Trinajstić information content (AvgIpc) is 3.10. The highest BCUT2D eigenvalue weighted by molar-refractivity contribution is 6.39. The number of fused-ring (bicyclic) bond motifs is 1. The summed E-state index contributed by atoms with van der Waals surface area (Å²) in [5, 5.41) is 16.4. The maximum atomic E-state index is 13.9. The Bertz CT molecular complexity index is 2230. The van der Waals surface area contributed by atoms with E-state index in [9.17, 15) is 27.9 Å². The zero-order chi connectivity index (χ0) is 35.9. The number of halogens is 5. The van der Waals surface area contributed by atoms with E-state index in [0.29, 0.717) is 53.7 Å². The van der Waals surface area contributed by atoms with E-state index in [-0.39, 0.29) is 45.2 Å². The predicted octanol–water partition coefficient (Wildman–Crippen LogP) is 5.07. The molecule has 1 aliphatic rings. The lowest BCUT2D eigenvalue weighted by Gasteiger charge is -2.28. The van der Waals surface area contributed by atoms with Gasteiger partial charge < -0.3 is 25.2 Å². The molecule has 0 unspecified atom stereocenters. The molecule has 0 aliphatic carbocycles. The third-order valence-electron chi connectivity index (χ3n) is 8.42. The molecule has 0 amide bonds. The Balaban J connectivity index is 1.36. The number of aliphatic hydroxyl groups excluding tert-OH is 1. The van der Waals surface area contributed by atoms with Crippen molar-refractivity contribution in [3.8, 4) is 28.3 Å². The topological polar surface area (TPSA) is 145 Å². The van der Waals surface area contributed by atoms with Gasteiger partial charge in [0.25, 0.3) is 5.56 Å². The minimum absolute atomic E-state index is 0.0703. The highest BCUT2D eigenvalue weighted by atomic mass is 35.5. The van der Waals surface area contributed by atoms with Crippen LogP contribution in [0.5, 0.6) is 5.88 Å². The normalized spacial score (nSPS) is 16.5. The summed E-state index contributed by atoms with van der Waals surface area (Å²) >= 11 is 13.8. The van der Waals surface area contributed by atoms with Crippen LogP contribution in [0.2, 0.25) is 10.0 Å². The fourth-order valence-corrected chi connectivity index (χ4v) is 6.33. The second kappa shape index (κ2) is 14.0. The van der Waals surface area contributed by atoms with Gasteiger partial charge in [0.15, 0.2) is 0 Å². The van der Waals surface area contributed by atoms with Crippen molar-refractivity contribution in [2.45, 2.75) is 31.3 Å². The first-order valence-corrected chi connectivity index (χ1v) is 16.0. The summed E-state index contributed by atoms with van der Waals surface area (Å²) in [5.74, 6) is -0.181. The van der Waals surface area contributed by atoms with E-state index >= 15 is 0 Å². The number of hydrogen-bond donors (Lipinski definition) is 3. The molecule has 2 aromatic carbocycles. The molecular formula is C33H30Cl2F3N7O5. The number of anilines is 2. The van der Waals surface area contributed by atoms with Crippen LogP contribution >= 0.6 is 23.2 Å². The molecule has 0 radical (unpaired) electrons. The second-order valence-corrected chi connectivity index (χ2v) is 12.3. The molecule has 4 heterocycles. The third kappa shape index (κ3) is 6.66. The Kier molecular flexibility index (Phi) is 9.88. The van der Waals surface area contributed by atoms with E-state index in [1.165, 1.54) is 27.3 Å². The standard InChI is InChI=1S/C33H30Cl2F3N7O5/c1-44-23-12-25(33(36,37)38)43-29(26(23)31(47)45(2)32(44)48)41-20-9-5-7-17(28(20)35)16-6-4-8-18(27(16)34)21-13-40-22(30(42-21)49-3)14-39-19-10-11-50-15-24(19)46/h4-9,12-13,19,24,39,46H,10-11,14-15H2,1-3H3,(H,41,43)/t19-,24+/m1/s1. The highest BCUT2D eigenvalue weighted by Gasteiger charge is 2.34.